The van der Waals surface area contributed by atoms with Crippen molar-refractivity contribution in [1.82, 2.24) is 4.72 Å². The van der Waals surface area contributed by atoms with Crippen LogP contribution in [0.1, 0.15) is 31.1 Å². The Morgan fingerprint density at radius 2 is 1.61 bits per heavy atom. The second-order valence-electron chi connectivity index (χ2n) is 6.25. The predicted molar refractivity (Wildman–Crippen MR) is 101 cm³/mol. The lowest BCUT2D eigenvalue weighted by molar-refractivity contribution is -0.114. The average Bonchev–Trinajstić information content (AvgIpc) is 2.56. The highest BCUT2D eigenvalue weighted by atomic mass is 32.2. The van der Waals surface area contributed by atoms with Crippen molar-refractivity contribution in [2.45, 2.75) is 31.7 Å². The normalized spacial score (nSPS) is 11.4. The van der Waals surface area contributed by atoms with Crippen LogP contribution in [0.2, 0.25) is 0 Å². The Kier molecular flexibility index (Phi) is 6.47. The number of halogens is 2. The van der Waals surface area contributed by atoms with Gasteiger partial charge in [-0.05, 0) is 50.2 Å². The first-order valence-electron chi connectivity index (χ1n) is 8.20. The number of nitrogens with one attached hydrogen (secondary N) is 3. The molecule has 2 rings (SSSR count). The Labute approximate surface area is 161 Å². The molecule has 3 N–H and O–H groups in total. The molecule has 0 aliphatic carbocycles. The summed E-state index contributed by atoms with van der Waals surface area (Å²) < 4.78 is 54.6. The minimum Gasteiger partial charge on any atom is -0.324 e. The SMILES string of the molecule is CC(=O)Nc1cc(NC(=O)c2cc(S(=O)(=O)NC(C)C)ccc2F)ccc1F. The quantitative estimate of drug-likeness (QED) is 0.680. The Morgan fingerprint density at radius 1 is 0.964 bits per heavy atom. The number of amides is 2. The van der Waals surface area contributed by atoms with Gasteiger partial charge in [-0.2, -0.15) is 0 Å². The van der Waals surface area contributed by atoms with Gasteiger partial charge in [0.25, 0.3) is 5.91 Å². The van der Waals surface area contributed by atoms with Gasteiger partial charge in [0.15, 0.2) is 0 Å². The molecular formula is C18H19F2N3O4S. The van der Waals surface area contributed by atoms with Crippen LogP contribution in [0.4, 0.5) is 20.2 Å². The zero-order chi connectivity index (χ0) is 21.1. The largest absolute Gasteiger partial charge is 0.324 e. The van der Waals surface area contributed by atoms with Crippen molar-refractivity contribution in [3.05, 3.63) is 53.6 Å². The van der Waals surface area contributed by atoms with E-state index in [9.17, 15) is 26.8 Å². The molecule has 0 atom stereocenters. The van der Waals surface area contributed by atoms with Gasteiger partial charge < -0.3 is 10.6 Å². The lowest BCUT2D eigenvalue weighted by Crippen LogP contribution is -2.30. The molecule has 0 heterocycles. The topological polar surface area (TPSA) is 104 Å². The van der Waals surface area contributed by atoms with Crippen molar-refractivity contribution in [3.63, 3.8) is 0 Å². The summed E-state index contributed by atoms with van der Waals surface area (Å²) in [5, 5.41) is 4.61. The second kappa shape index (κ2) is 8.44. The summed E-state index contributed by atoms with van der Waals surface area (Å²) in [6.45, 7) is 4.43. The van der Waals surface area contributed by atoms with E-state index < -0.39 is 45.1 Å². The first-order valence-corrected chi connectivity index (χ1v) is 9.68. The molecule has 10 heteroatoms. The van der Waals surface area contributed by atoms with E-state index >= 15 is 0 Å². The number of hydrogen-bond acceptors (Lipinski definition) is 4. The second-order valence-corrected chi connectivity index (χ2v) is 7.96. The number of rotatable bonds is 6. The first kappa shape index (κ1) is 21.5. The lowest BCUT2D eigenvalue weighted by atomic mass is 10.2. The van der Waals surface area contributed by atoms with E-state index in [1.807, 2.05) is 0 Å². The van der Waals surface area contributed by atoms with Crippen molar-refractivity contribution < 1.29 is 26.8 Å². The van der Waals surface area contributed by atoms with Crippen LogP contribution in [0.25, 0.3) is 0 Å². The number of hydrogen-bond donors (Lipinski definition) is 3. The summed E-state index contributed by atoms with van der Waals surface area (Å²) in [6, 6.07) is 5.84. The van der Waals surface area contributed by atoms with Crippen LogP contribution in [-0.2, 0) is 14.8 Å². The van der Waals surface area contributed by atoms with Crippen LogP contribution in [0.15, 0.2) is 41.3 Å². The summed E-state index contributed by atoms with van der Waals surface area (Å²) in [5.74, 6) is -3.08. The monoisotopic (exact) mass is 411 g/mol. The van der Waals surface area contributed by atoms with Gasteiger partial charge in [-0.15, -0.1) is 0 Å². The van der Waals surface area contributed by atoms with Crippen molar-refractivity contribution in [1.29, 1.82) is 0 Å². The molecule has 0 fully saturated rings. The fraction of sp³-hybridized carbons (Fsp3) is 0.222. The van der Waals surface area contributed by atoms with Crippen molar-refractivity contribution in [2.75, 3.05) is 10.6 Å². The van der Waals surface area contributed by atoms with Crippen LogP contribution >= 0.6 is 0 Å². The van der Waals surface area contributed by atoms with E-state index in [0.29, 0.717) is 0 Å². The summed E-state index contributed by atoms with van der Waals surface area (Å²) in [7, 11) is -3.92. The minimum atomic E-state index is -3.92. The fourth-order valence-electron chi connectivity index (χ4n) is 2.31. The van der Waals surface area contributed by atoms with Crippen LogP contribution in [0, 0.1) is 11.6 Å². The summed E-state index contributed by atoms with van der Waals surface area (Å²) in [6.07, 6.45) is 0. The lowest BCUT2D eigenvalue weighted by Gasteiger charge is -2.12. The maximum absolute atomic E-state index is 14.1. The number of sulfonamides is 1. The van der Waals surface area contributed by atoms with Gasteiger partial charge in [-0.25, -0.2) is 21.9 Å². The molecule has 2 aromatic carbocycles. The van der Waals surface area contributed by atoms with Gasteiger partial charge >= 0.3 is 0 Å². The molecule has 0 unspecified atom stereocenters. The number of benzene rings is 2. The Hall–Kier alpha value is -2.85. The number of carbonyl (C=O) groups excluding carboxylic acids is 2. The molecule has 0 spiro atoms. The van der Waals surface area contributed by atoms with Gasteiger partial charge in [-0.1, -0.05) is 0 Å². The van der Waals surface area contributed by atoms with E-state index in [1.165, 1.54) is 13.0 Å². The Morgan fingerprint density at radius 3 is 2.21 bits per heavy atom. The van der Waals surface area contributed by atoms with Gasteiger partial charge in [-0.3, -0.25) is 9.59 Å². The molecule has 0 saturated heterocycles. The molecule has 0 radical (unpaired) electrons. The van der Waals surface area contributed by atoms with Gasteiger partial charge in [0, 0.05) is 18.7 Å². The molecule has 2 amide bonds. The zero-order valence-electron chi connectivity index (χ0n) is 15.3. The third-order valence-electron chi connectivity index (χ3n) is 3.42. The van der Waals surface area contributed by atoms with Crippen LogP contribution in [0.5, 0.6) is 0 Å². The van der Waals surface area contributed by atoms with Crippen molar-refractivity contribution >= 4 is 33.2 Å². The highest BCUT2D eigenvalue weighted by molar-refractivity contribution is 7.89. The molecule has 28 heavy (non-hydrogen) atoms. The zero-order valence-corrected chi connectivity index (χ0v) is 16.2. The molecular weight excluding hydrogens is 392 g/mol. The molecule has 2 aromatic rings. The molecule has 0 aliphatic rings. The average molecular weight is 411 g/mol. The molecule has 150 valence electrons. The fourth-order valence-corrected chi connectivity index (χ4v) is 3.59. The van der Waals surface area contributed by atoms with Crippen molar-refractivity contribution in [2.24, 2.45) is 0 Å². The molecule has 0 aromatic heterocycles. The maximum atomic E-state index is 14.1. The molecule has 0 bridgehead atoms. The minimum absolute atomic E-state index is 0.0862. The van der Waals surface area contributed by atoms with E-state index in [4.69, 9.17) is 0 Å². The summed E-state index contributed by atoms with van der Waals surface area (Å²) >= 11 is 0. The molecule has 7 nitrogen and oxygen atoms in total. The Bertz CT molecular complexity index is 1020. The number of anilines is 2. The third kappa shape index (κ3) is 5.33. The van der Waals surface area contributed by atoms with Crippen LogP contribution < -0.4 is 15.4 Å². The highest BCUT2D eigenvalue weighted by Crippen LogP contribution is 2.22. The smallest absolute Gasteiger partial charge is 0.258 e. The number of carbonyl (C=O) groups is 2. The van der Waals surface area contributed by atoms with E-state index in [-0.39, 0.29) is 16.3 Å². The first-order chi connectivity index (χ1) is 13.0. The van der Waals surface area contributed by atoms with Crippen LogP contribution in [0.3, 0.4) is 0 Å². The standard InChI is InChI=1S/C18H19F2N3O4S/c1-10(2)23-28(26,27)13-5-7-15(19)14(9-13)18(25)22-12-4-6-16(20)17(8-12)21-11(3)24/h4-10,23H,1-3H3,(H,21,24)(H,22,25). The summed E-state index contributed by atoms with van der Waals surface area (Å²) in [5.41, 5.74) is -0.580. The molecule has 0 saturated carbocycles. The Balaban J connectivity index is 2.32. The van der Waals surface area contributed by atoms with Crippen LogP contribution in [-0.4, -0.2) is 26.3 Å². The predicted octanol–water partition coefficient (Wildman–Crippen LogP) is 2.86. The van der Waals surface area contributed by atoms with Gasteiger partial charge in [0.1, 0.15) is 11.6 Å². The van der Waals surface area contributed by atoms with Gasteiger partial charge in [0.05, 0.1) is 16.1 Å². The van der Waals surface area contributed by atoms with E-state index in [2.05, 4.69) is 15.4 Å². The molecule has 0 aliphatic heterocycles. The van der Waals surface area contributed by atoms with Gasteiger partial charge in [0.2, 0.25) is 15.9 Å². The van der Waals surface area contributed by atoms with E-state index in [0.717, 1.165) is 30.3 Å². The van der Waals surface area contributed by atoms with E-state index in [1.54, 1.807) is 13.8 Å². The highest BCUT2D eigenvalue weighted by Gasteiger charge is 2.20. The van der Waals surface area contributed by atoms with Crippen molar-refractivity contribution in [3.8, 4) is 0 Å². The summed E-state index contributed by atoms with van der Waals surface area (Å²) in [4.78, 5) is 23.2. The maximum Gasteiger partial charge on any atom is 0.258 e. The third-order valence-corrected chi connectivity index (χ3v) is 5.07.